The molecule has 0 saturated heterocycles. The van der Waals surface area contributed by atoms with Gasteiger partial charge in [0.25, 0.3) is 0 Å². The molecule has 0 amide bonds. The third-order valence-corrected chi connectivity index (χ3v) is 5.86. The van der Waals surface area contributed by atoms with Crippen molar-refractivity contribution in [1.29, 1.82) is 0 Å². The molecule has 1 aromatic carbocycles. The van der Waals surface area contributed by atoms with Crippen molar-refractivity contribution in [2.75, 3.05) is 13.2 Å². The molecule has 110 valence electrons. The van der Waals surface area contributed by atoms with Crippen molar-refractivity contribution in [3.05, 3.63) is 35.4 Å². The summed E-state index contributed by atoms with van der Waals surface area (Å²) in [6.07, 6.45) is 6.38. The zero-order chi connectivity index (χ0) is 14.2. The fourth-order valence-corrected chi connectivity index (χ4v) is 4.76. The standard InChI is InChI=1S/C18H26O2/c1-13-4-2-3-5-17(13)18(11-19,12-20)10-16-9-14-6-7-15(16)8-14/h2-5,14-16,19-20H,6-12H2,1H3. The predicted molar refractivity (Wildman–Crippen MR) is 80.6 cm³/mol. The molecule has 0 radical (unpaired) electrons. The first-order valence-electron chi connectivity index (χ1n) is 7.96. The molecule has 3 unspecified atom stereocenters. The monoisotopic (exact) mass is 274 g/mol. The molecule has 20 heavy (non-hydrogen) atoms. The van der Waals surface area contributed by atoms with Gasteiger partial charge in [0.15, 0.2) is 0 Å². The first kappa shape index (κ1) is 14.1. The minimum Gasteiger partial charge on any atom is -0.395 e. The highest BCUT2D eigenvalue weighted by molar-refractivity contribution is 5.34. The molecule has 3 atom stereocenters. The second kappa shape index (κ2) is 5.50. The van der Waals surface area contributed by atoms with E-state index in [9.17, 15) is 10.2 Å². The smallest absolute Gasteiger partial charge is 0.0550 e. The van der Waals surface area contributed by atoms with Gasteiger partial charge < -0.3 is 10.2 Å². The van der Waals surface area contributed by atoms with Crippen molar-refractivity contribution in [3.63, 3.8) is 0 Å². The maximum Gasteiger partial charge on any atom is 0.0550 e. The molecule has 0 aliphatic heterocycles. The minimum absolute atomic E-state index is 0.0439. The van der Waals surface area contributed by atoms with Crippen LogP contribution in [0, 0.1) is 24.7 Å². The average molecular weight is 274 g/mol. The number of rotatable bonds is 5. The first-order valence-corrected chi connectivity index (χ1v) is 7.96. The molecule has 2 heteroatoms. The summed E-state index contributed by atoms with van der Waals surface area (Å²) in [6, 6.07) is 8.20. The van der Waals surface area contributed by atoms with Crippen LogP contribution in [0.5, 0.6) is 0 Å². The van der Waals surface area contributed by atoms with E-state index in [-0.39, 0.29) is 13.2 Å². The summed E-state index contributed by atoms with van der Waals surface area (Å²) in [4.78, 5) is 0. The fourth-order valence-electron chi connectivity index (χ4n) is 4.76. The van der Waals surface area contributed by atoms with Crippen LogP contribution in [0.25, 0.3) is 0 Å². The predicted octanol–water partition coefficient (Wildman–Crippen LogP) is 3.04. The topological polar surface area (TPSA) is 40.5 Å². The van der Waals surface area contributed by atoms with Gasteiger partial charge in [-0.1, -0.05) is 30.7 Å². The molecule has 0 heterocycles. The summed E-state index contributed by atoms with van der Waals surface area (Å²) in [6.45, 7) is 2.17. The minimum atomic E-state index is -0.458. The number of hydrogen-bond acceptors (Lipinski definition) is 2. The van der Waals surface area contributed by atoms with Crippen molar-refractivity contribution < 1.29 is 10.2 Å². The van der Waals surface area contributed by atoms with Crippen LogP contribution in [0.3, 0.4) is 0 Å². The molecule has 0 spiro atoms. The van der Waals surface area contributed by atoms with Crippen molar-refractivity contribution in [3.8, 4) is 0 Å². The molecule has 1 aromatic rings. The van der Waals surface area contributed by atoms with E-state index in [2.05, 4.69) is 19.1 Å². The van der Waals surface area contributed by atoms with Gasteiger partial charge in [-0.2, -0.15) is 0 Å². The Morgan fingerprint density at radius 1 is 1.10 bits per heavy atom. The van der Waals surface area contributed by atoms with Crippen molar-refractivity contribution in [1.82, 2.24) is 0 Å². The number of fused-ring (bicyclic) bond motifs is 2. The van der Waals surface area contributed by atoms with E-state index >= 15 is 0 Å². The molecule has 3 rings (SSSR count). The Hall–Kier alpha value is -0.860. The van der Waals surface area contributed by atoms with Crippen LogP contribution in [0.15, 0.2) is 24.3 Å². The molecular formula is C18H26O2. The van der Waals surface area contributed by atoms with E-state index in [0.717, 1.165) is 23.8 Å². The Morgan fingerprint density at radius 2 is 1.85 bits per heavy atom. The third kappa shape index (κ3) is 2.29. The zero-order valence-corrected chi connectivity index (χ0v) is 12.4. The number of aliphatic hydroxyl groups is 2. The van der Waals surface area contributed by atoms with Crippen LogP contribution in [-0.2, 0) is 5.41 Å². The number of aliphatic hydroxyl groups excluding tert-OH is 2. The fraction of sp³-hybridized carbons (Fsp3) is 0.667. The van der Waals surface area contributed by atoms with Gasteiger partial charge in [-0.25, -0.2) is 0 Å². The summed E-state index contributed by atoms with van der Waals surface area (Å²) in [7, 11) is 0. The highest BCUT2D eigenvalue weighted by atomic mass is 16.3. The Kier molecular flexibility index (Phi) is 3.87. The van der Waals surface area contributed by atoms with Crippen LogP contribution in [0.1, 0.15) is 43.2 Å². The summed E-state index contributed by atoms with van der Waals surface area (Å²) in [5, 5.41) is 20.0. The van der Waals surface area contributed by atoms with Crippen LogP contribution >= 0.6 is 0 Å². The molecule has 2 bridgehead atoms. The Labute approximate surface area is 121 Å². The molecule has 2 saturated carbocycles. The summed E-state index contributed by atoms with van der Waals surface area (Å²) >= 11 is 0. The molecule has 0 aromatic heterocycles. The summed E-state index contributed by atoms with van der Waals surface area (Å²) in [5.74, 6) is 2.44. The number of benzene rings is 1. The third-order valence-electron chi connectivity index (χ3n) is 5.86. The van der Waals surface area contributed by atoms with E-state index in [1.54, 1.807) is 0 Å². The molecular weight excluding hydrogens is 248 g/mol. The van der Waals surface area contributed by atoms with Gasteiger partial charge >= 0.3 is 0 Å². The van der Waals surface area contributed by atoms with Crippen molar-refractivity contribution >= 4 is 0 Å². The molecule has 2 N–H and O–H groups in total. The van der Waals surface area contributed by atoms with Gasteiger partial charge in [0, 0.05) is 5.41 Å². The Bertz CT molecular complexity index is 464. The lowest BCUT2D eigenvalue weighted by Gasteiger charge is -2.36. The maximum absolute atomic E-state index is 10.0. The molecule has 2 aliphatic rings. The van der Waals surface area contributed by atoms with Crippen molar-refractivity contribution in [2.24, 2.45) is 17.8 Å². The van der Waals surface area contributed by atoms with Gasteiger partial charge in [-0.05, 0) is 61.5 Å². The zero-order valence-electron chi connectivity index (χ0n) is 12.4. The van der Waals surface area contributed by atoms with Gasteiger partial charge in [0.2, 0.25) is 0 Å². The van der Waals surface area contributed by atoms with Crippen LogP contribution in [0.4, 0.5) is 0 Å². The van der Waals surface area contributed by atoms with Crippen molar-refractivity contribution in [2.45, 2.75) is 44.4 Å². The van der Waals surface area contributed by atoms with Crippen LogP contribution in [-0.4, -0.2) is 23.4 Å². The first-order chi connectivity index (χ1) is 9.68. The van der Waals surface area contributed by atoms with Gasteiger partial charge in [0.05, 0.1) is 13.2 Å². The normalized spacial score (nSPS) is 29.1. The van der Waals surface area contributed by atoms with E-state index in [4.69, 9.17) is 0 Å². The lowest BCUT2D eigenvalue weighted by Crippen LogP contribution is -2.38. The Morgan fingerprint density at radius 3 is 2.40 bits per heavy atom. The number of hydrogen-bond donors (Lipinski definition) is 2. The van der Waals surface area contributed by atoms with Crippen LogP contribution in [0.2, 0.25) is 0 Å². The molecule has 2 nitrogen and oxygen atoms in total. The quantitative estimate of drug-likeness (QED) is 0.866. The maximum atomic E-state index is 10.0. The van der Waals surface area contributed by atoms with E-state index < -0.39 is 5.41 Å². The number of aryl methyl sites for hydroxylation is 1. The van der Waals surface area contributed by atoms with Gasteiger partial charge in [0.1, 0.15) is 0 Å². The average Bonchev–Trinajstić information content (AvgIpc) is 3.08. The van der Waals surface area contributed by atoms with Crippen LogP contribution < -0.4 is 0 Å². The lowest BCUT2D eigenvalue weighted by molar-refractivity contribution is 0.0843. The Balaban J connectivity index is 1.86. The molecule has 2 fully saturated rings. The van der Waals surface area contributed by atoms with E-state index in [0.29, 0.717) is 5.92 Å². The SMILES string of the molecule is Cc1ccccc1C(CO)(CO)CC1CC2CCC1C2. The van der Waals surface area contributed by atoms with Gasteiger partial charge in [-0.3, -0.25) is 0 Å². The second-order valence-corrected chi connectivity index (χ2v) is 7.05. The summed E-state index contributed by atoms with van der Waals surface area (Å²) < 4.78 is 0. The lowest BCUT2D eigenvalue weighted by atomic mass is 9.70. The van der Waals surface area contributed by atoms with E-state index in [1.165, 1.54) is 31.2 Å². The molecule has 2 aliphatic carbocycles. The van der Waals surface area contributed by atoms with Gasteiger partial charge in [-0.15, -0.1) is 0 Å². The highest BCUT2D eigenvalue weighted by Gasteiger charge is 2.44. The largest absolute Gasteiger partial charge is 0.395 e. The highest BCUT2D eigenvalue weighted by Crippen LogP contribution is 2.52. The summed E-state index contributed by atoms with van der Waals surface area (Å²) in [5.41, 5.74) is 1.85. The second-order valence-electron chi connectivity index (χ2n) is 7.05. The van der Waals surface area contributed by atoms with E-state index in [1.807, 2.05) is 12.1 Å².